The second-order valence-electron chi connectivity index (χ2n) is 4.69. The van der Waals surface area contributed by atoms with Crippen LogP contribution in [0.2, 0.25) is 0 Å². The number of carbonyl (C=O) groups excluding carboxylic acids is 3. The smallest absolute Gasteiger partial charge is 0.356 e. The van der Waals surface area contributed by atoms with E-state index >= 15 is 0 Å². The van der Waals surface area contributed by atoms with Crippen molar-refractivity contribution in [1.29, 1.82) is 5.26 Å². The molecular weight excluding hydrogens is 300 g/mol. The van der Waals surface area contributed by atoms with Gasteiger partial charge in [-0.2, -0.15) is 5.26 Å². The van der Waals surface area contributed by atoms with E-state index in [-0.39, 0.29) is 18.0 Å². The number of anilines is 1. The molecule has 1 aromatic rings. The van der Waals surface area contributed by atoms with Crippen LogP contribution in [-0.2, 0) is 19.1 Å². The number of rotatable bonds is 4. The van der Waals surface area contributed by atoms with Gasteiger partial charge in [0.05, 0.1) is 11.3 Å². The predicted molar refractivity (Wildman–Crippen MR) is 79.3 cm³/mol. The number of para-hydroxylation sites is 1. The average Bonchev–Trinajstić information content (AvgIpc) is 2.55. The molecule has 0 saturated carbocycles. The van der Waals surface area contributed by atoms with Crippen molar-refractivity contribution in [2.45, 2.75) is 19.4 Å². The molecule has 1 heterocycles. The van der Waals surface area contributed by atoms with E-state index < -0.39 is 18.0 Å². The van der Waals surface area contributed by atoms with Gasteiger partial charge < -0.3 is 10.1 Å². The van der Waals surface area contributed by atoms with E-state index in [4.69, 9.17) is 10.00 Å². The number of hydrogen-bond donors (Lipinski definition) is 3. The maximum absolute atomic E-state index is 12.0. The molecule has 1 aliphatic rings. The average molecular weight is 314 g/mol. The summed E-state index contributed by atoms with van der Waals surface area (Å²) in [7, 11) is 0. The minimum absolute atomic E-state index is 0.0492. The van der Waals surface area contributed by atoms with E-state index in [1.807, 2.05) is 6.07 Å². The van der Waals surface area contributed by atoms with Gasteiger partial charge in [-0.1, -0.05) is 12.1 Å². The highest BCUT2D eigenvalue weighted by Crippen LogP contribution is 2.14. The molecule has 2 rings (SSSR count). The fourth-order valence-electron chi connectivity index (χ4n) is 1.77. The molecule has 0 spiro atoms. The number of benzene rings is 1. The van der Waals surface area contributed by atoms with Crippen LogP contribution in [0.5, 0.6) is 0 Å². The number of hydrazine groups is 1. The van der Waals surface area contributed by atoms with Crippen LogP contribution in [0, 0.1) is 11.3 Å². The summed E-state index contributed by atoms with van der Waals surface area (Å²) in [6.45, 7) is 1.41. The van der Waals surface area contributed by atoms with Crippen LogP contribution in [0.3, 0.4) is 0 Å². The lowest BCUT2D eigenvalue weighted by molar-refractivity contribution is -0.149. The fraction of sp³-hybridized carbons (Fsp3) is 0.200. The first kappa shape index (κ1) is 16.0. The van der Waals surface area contributed by atoms with Crippen molar-refractivity contribution in [3.63, 3.8) is 0 Å². The molecule has 8 nitrogen and oxygen atoms in total. The van der Waals surface area contributed by atoms with Gasteiger partial charge in [0.25, 0.3) is 5.91 Å². The minimum Gasteiger partial charge on any atom is -0.448 e. The standard InChI is InChI=1S/C15H14N4O4/c1-9(23-15(22)12-6-7-13(20)19-18-12)14(21)17-11-5-3-2-4-10(11)8-16/h2-6,9,18H,7H2,1H3,(H,17,21)(H,19,20)/t9-/m0/s1. The Balaban J connectivity index is 1.96. The third kappa shape index (κ3) is 4.07. The molecule has 0 radical (unpaired) electrons. The van der Waals surface area contributed by atoms with Gasteiger partial charge in [-0.3, -0.25) is 20.4 Å². The van der Waals surface area contributed by atoms with E-state index in [2.05, 4.69) is 16.2 Å². The van der Waals surface area contributed by atoms with Crippen molar-refractivity contribution < 1.29 is 19.1 Å². The maximum atomic E-state index is 12.0. The summed E-state index contributed by atoms with van der Waals surface area (Å²) in [5.41, 5.74) is 5.37. The second-order valence-corrected chi connectivity index (χ2v) is 4.69. The molecule has 1 atom stereocenters. The quantitative estimate of drug-likeness (QED) is 0.689. The molecule has 1 aliphatic heterocycles. The van der Waals surface area contributed by atoms with Crippen LogP contribution in [-0.4, -0.2) is 23.9 Å². The zero-order valence-corrected chi connectivity index (χ0v) is 12.3. The number of hydrogen-bond acceptors (Lipinski definition) is 6. The van der Waals surface area contributed by atoms with Crippen molar-refractivity contribution in [2.75, 3.05) is 5.32 Å². The van der Waals surface area contributed by atoms with Crippen molar-refractivity contribution in [2.24, 2.45) is 0 Å². The van der Waals surface area contributed by atoms with Gasteiger partial charge in [-0.15, -0.1) is 0 Å². The number of esters is 1. The molecule has 8 heteroatoms. The molecule has 2 amide bonds. The molecule has 118 valence electrons. The summed E-state index contributed by atoms with van der Waals surface area (Å²) in [6.07, 6.45) is 0.346. The highest BCUT2D eigenvalue weighted by molar-refractivity contribution is 5.98. The first-order chi connectivity index (χ1) is 11.0. The van der Waals surface area contributed by atoms with E-state index in [1.165, 1.54) is 13.0 Å². The summed E-state index contributed by atoms with van der Waals surface area (Å²) < 4.78 is 5.02. The molecule has 3 N–H and O–H groups in total. The lowest BCUT2D eigenvalue weighted by atomic mass is 10.2. The SMILES string of the molecule is C[C@H](OC(=O)C1=CCC(=O)NN1)C(=O)Nc1ccccc1C#N. The molecule has 23 heavy (non-hydrogen) atoms. The van der Waals surface area contributed by atoms with Crippen molar-refractivity contribution in [1.82, 2.24) is 10.9 Å². The largest absolute Gasteiger partial charge is 0.448 e. The molecule has 0 unspecified atom stereocenters. The molecular formula is C15H14N4O4. The van der Waals surface area contributed by atoms with E-state index in [0.717, 1.165) is 0 Å². The number of nitrogens with zero attached hydrogens (tertiary/aromatic N) is 1. The highest BCUT2D eigenvalue weighted by Gasteiger charge is 2.23. The molecule has 1 aromatic carbocycles. The maximum Gasteiger partial charge on any atom is 0.356 e. The number of carbonyl (C=O) groups is 3. The zero-order valence-electron chi connectivity index (χ0n) is 12.3. The van der Waals surface area contributed by atoms with Gasteiger partial charge in [0.1, 0.15) is 11.8 Å². The lowest BCUT2D eigenvalue weighted by Gasteiger charge is -2.18. The van der Waals surface area contributed by atoms with Gasteiger partial charge in [0, 0.05) is 6.42 Å². The summed E-state index contributed by atoms with van der Waals surface area (Å²) in [6, 6.07) is 8.44. The first-order valence-corrected chi connectivity index (χ1v) is 6.77. The highest BCUT2D eigenvalue weighted by atomic mass is 16.5. The van der Waals surface area contributed by atoms with E-state index in [0.29, 0.717) is 11.3 Å². The lowest BCUT2D eigenvalue weighted by Crippen LogP contribution is -2.43. The number of ether oxygens (including phenoxy) is 1. The van der Waals surface area contributed by atoms with Crippen LogP contribution >= 0.6 is 0 Å². The Morgan fingerprint density at radius 1 is 1.35 bits per heavy atom. The fourth-order valence-corrected chi connectivity index (χ4v) is 1.77. The summed E-state index contributed by atoms with van der Waals surface area (Å²) >= 11 is 0. The zero-order chi connectivity index (χ0) is 16.8. The summed E-state index contributed by atoms with van der Waals surface area (Å²) in [4.78, 5) is 34.9. The van der Waals surface area contributed by atoms with Crippen molar-refractivity contribution in [3.05, 3.63) is 41.6 Å². The van der Waals surface area contributed by atoms with Gasteiger partial charge in [-0.25, -0.2) is 4.79 Å². The Hall–Kier alpha value is -3.34. The van der Waals surface area contributed by atoms with E-state index in [9.17, 15) is 14.4 Å². The second kappa shape index (κ2) is 7.09. The summed E-state index contributed by atoms with van der Waals surface area (Å²) in [5, 5.41) is 11.5. The number of nitrogens with one attached hydrogen (secondary N) is 3. The third-order valence-electron chi connectivity index (χ3n) is 3.01. The monoisotopic (exact) mass is 314 g/mol. The molecule has 0 saturated heterocycles. The van der Waals surface area contributed by atoms with E-state index in [1.54, 1.807) is 24.3 Å². The summed E-state index contributed by atoms with van der Waals surface area (Å²) in [5.74, 6) is -1.61. The van der Waals surface area contributed by atoms with Crippen LogP contribution in [0.25, 0.3) is 0 Å². The molecule has 0 fully saturated rings. The topological polar surface area (TPSA) is 120 Å². The first-order valence-electron chi connectivity index (χ1n) is 6.77. The Bertz CT molecular complexity index is 720. The Morgan fingerprint density at radius 2 is 2.09 bits per heavy atom. The third-order valence-corrected chi connectivity index (χ3v) is 3.01. The molecule has 0 aromatic heterocycles. The van der Waals surface area contributed by atoms with Crippen molar-refractivity contribution >= 4 is 23.5 Å². The Labute approximate surface area is 132 Å². The van der Waals surface area contributed by atoms with Crippen LogP contribution < -0.4 is 16.2 Å². The predicted octanol–water partition coefficient (Wildman–Crippen LogP) is 0.337. The van der Waals surface area contributed by atoms with Crippen LogP contribution in [0.4, 0.5) is 5.69 Å². The number of amides is 2. The van der Waals surface area contributed by atoms with Crippen LogP contribution in [0.1, 0.15) is 18.9 Å². The molecule has 0 aliphatic carbocycles. The van der Waals surface area contributed by atoms with Gasteiger partial charge in [0.2, 0.25) is 5.91 Å². The Morgan fingerprint density at radius 3 is 2.74 bits per heavy atom. The van der Waals surface area contributed by atoms with Gasteiger partial charge in [0.15, 0.2) is 6.10 Å². The van der Waals surface area contributed by atoms with Crippen LogP contribution in [0.15, 0.2) is 36.0 Å². The normalized spacial score (nSPS) is 14.4. The Kier molecular flexibility index (Phi) is 4.94. The minimum atomic E-state index is -1.07. The van der Waals surface area contributed by atoms with Crippen molar-refractivity contribution in [3.8, 4) is 6.07 Å². The molecule has 0 bridgehead atoms. The number of nitriles is 1. The van der Waals surface area contributed by atoms with Gasteiger partial charge >= 0.3 is 5.97 Å². The van der Waals surface area contributed by atoms with Gasteiger partial charge in [-0.05, 0) is 25.1 Å².